The summed E-state index contributed by atoms with van der Waals surface area (Å²) in [6.45, 7) is 3.42. The van der Waals surface area contributed by atoms with Crippen LogP contribution in [-0.2, 0) is 12.8 Å². The average Bonchev–Trinajstić information content (AvgIpc) is 3.10. The van der Waals surface area contributed by atoms with Gasteiger partial charge in [0.1, 0.15) is 15.6 Å². The third kappa shape index (κ3) is 2.98. The largest absolute Gasteiger partial charge is 0.477 e. The molecule has 0 aromatic carbocycles. The molecule has 0 bridgehead atoms. The van der Waals surface area contributed by atoms with Gasteiger partial charge in [-0.25, -0.2) is 9.78 Å². The van der Waals surface area contributed by atoms with Crippen LogP contribution in [0.25, 0.3) is 0 Å². The fourth-order valence-corrected chi connectivity index (χ4v) is 3.60. The zero-order chi connectivity index (χ0) is 16.6. The van der Waals surface area contributed by atoms with Gasteiger partial charge in [0.05, 0.1) is 11.7 Å². The van der Waals surface area contributed by atoms with Crippen LogP contribution in [0.1, 0.15) is 68.0 Å². The standard InChI is InChI=1S/C15H17N3O4S/c1-7-12(15(20)21)23-14(17-7)8(2)16-13(19)11-9-5-3-4-6-10(9)22-18-11/h8H,3-6H2,1-2H3,(H,16,19)(H,20,21). The number of amides is 1. The van der Waals surface area contributed by atoms with Crippen LogP contribution in [0, 0.1) is 6.92 Å². The Labute approximate surface area is 136 Å². The summed E-state index contributed by atoms with van der Waals surface area (Å²) in [7, 11) is 0. The molecule has 0 fully saturated rings. The maximum absolute atomic E-state index is 12.4. The van der Waals surface area contributed by atoms with E-state index in [1.807, 2.05) is 0 Å². The topological polar surface area (TPSA) is 105 Å². The zero-order valence-electron chi connectivity index (χ0n) is 12.9. The number of nitrogens with zero attached hydrogens (tertiary/aromatic N) is 2. The molecule has 2 N–H and O–H groups in total. The Morgan fingerprint density at radius 3 is 2.78 bits per heavy atom. The Hall–Kier alpha value is -2.22. The van der Waals surface area contributed by atoms with Crippen molar-refractivity contribution in [2.45, 2.75) is 45.6 Å². The quantitative estimate of drug-likeness (QED) is 0.889. The maximum Gasteiger partial charge on any atom is 0.347 e. The number of carboxylic acid groups (broad SMARTS) is 1. The molecule has 2 aromatic rings. The molecule has 2 heterocycles. The Kier molecular flexibility index (Phi) is 4.16. The molecule has 1 amide bonds. The van der Waals surface area contributed by atoms with E-state index in [0.717, 1.165) is 48.3 Å². The lowest BCUT2D eigenvalue weighted by atomic mass is 9.96. The molecule has 1 unspecified atom stereocenters. The van der Waals surface area contributed by atoms with Crippen molar-refractivity contribution in [3.63, 3.8) is 0 Å². The number of hydrogen-bond donors (Lipinski definition) is 2. The van der Waals surface area contributed by atoms with Crippen LogP contribution in [0.5, 0.6) is 0 Å². The summed E-state index contributed by atoms with van der Waals surface area (Å²) < 4.78 is 5.25. The molecule has 2 aromatic heterocycles. The molecule has 8 heteroatoms. The number of aromatic carboxylic acids is 1. The van der Waals surface area contributed by atoms with E-state index in [0.29, 0.717) is 16.4 Å². The van der Waals surface area contributed by atoms with Gasteiger partial charge in [0.25, 0.3) is 5.91 Å². The van der Waals surface area contributed by atoms with Crippen LogP contribution in [-0.4, -0.2) is 27.1 Å². The van der Waals surface area contributed by atoms with Gasteiger partial charge in [-0.1, -0.05) is 5.16 Å². The smallest absolute Gasteiger partial charge is 0.347 e. The van der Waals surface area contributed by atoms with Crippen molar-refractivity contribution < 1.29 is 19.2 Å². The summed E-state index contributed by atoms with van der Waals surface area (Å²) in [6, 6.07) is -0.393. The summed E-state index contributed by atoms with van der Waals surface area (Å²) in [4.78, 5) is 27.9. The summed E-state index contributed by atoms with van der Waals surface area (Å²) in [6.07, 6.45) is 3.70. The van der Waals surface area contributed by atoms with E-state index in [2.05, 4.69) is 15.5 Å². The van der Waals surface area contributed by atoms with Gasteiger partial charge in [-0.05, 0) is 33.1 Å². The van der Waals surface area contributed by atoms with Crippen molar-refractivity contribution in [1.82, 2.24) is 15.5 Å². The minimum absolute atomic E-state index is 0.194. The first-order valence-electron chi connectivity index (χ1n) is 7.46. The van der Waals surface area contributed by atoms with Gasteiger partial charge in [0.2, 0.25) is 0 Å². The van der Waals surface area contributed by atoms with Crippen molar-refractivity contribution in [1.29, 1.82) is 0 Å². The highest BCUT2D eigenvalue weighted by atomic mass is 32.1. The van der Waals surface area contributed by atoms with E-state index in [9.17, 15) is 9.59 Å². The van der Waals surface area contributed by atoms with Crippen LogP contribution >= 0.6 is 11.3 Å². The number of rotatable bonds is 4. The SMILES string of the molecule is Cc1nc(C(C)NC(=O)c2noc3c2CCCC3)sc1C(=O)O. The lowest BCUT2D eigenvalue weighted by Crippen LogP contribution is -2.28. The Morgan fingerprint density at radius 1 is 1.35 bits per heavy atom. The number of hydrogen-bond acceptors (Lipinski definition) is 6. The lowest BCUT2D eigenvalue weighted by Gasteiger charge is -2.12. The number of carbonyl (C=O) groups is 2. The molecule has 7 nitrogen and oxygen atoms in total. The number of thiazole rings is 1. The van der Waals surface area contributed by atoms with Crippen molar-refractivity contribution >= 4 is 23.2 Å². The lowest BCUT2D eigenvalue weighted by molar-refractivity contribution is 0.0700. The van der Waals surface area contributed by atoms with Crippen molar-refractivity contribution in [2.75, 3.05) is 0 Å². The highest BCUT2D eigenvalue weighted by molar-refractivity contribution is 7.13. The Bertz CT molecular complexity index is 765. The van der Waals surface area contributed by atoms with Gasteiger partial charge in [0, 0.05) is 12.0 Å². The van der Waals surface area contributed by atoms with Crippen molar-refractivity contribution in [3.05, 3.63) is 32.6 Å². The first-order chi connectivity index (χ1) is 11.0. The fraction of sp³-hybridized carbons (Fsp3) is 0.467. The Morgan fingerprint density at radius 2 is 2.09 bits per heavy atom. The molecule has 1 atom stereocenters. The fourth-order valence-electron chi connectivity index (χ4n) is 2.69. The van der Waals surface area contributed by atoms with Crippen LogP contribution in [0.4, 0.5) is 0 Å². The van der Waals surface area contributed by atoms with E-state index in [1.54, 1.807) is 13.8 Å². The summed E-state index contributed by atoms with van der Waals surface area (Å²) in [5.41, 5.74) is 1.68. The van der Waals surface area contributed by atoms with Crippen LogP contribution in [0.2, 0.25) is 0 Å². The molecule has 3 rings (SSSR count). The van der Waals surface area contributed by atoms with Gasteiger partial charge >= 0.3 is 5.97 Å². The summed E-state index contributed by atoms with van der Waals surface area (Å²) >= 11 is 1.07. The van der Waals surface area contributed by atoms with Crippen molar-refractivity contribution in [2.24, 2.45) is 0 Å². The second kappa shape index (κ2) is 6.11. The minimum Gasteiger partial charge on any atom is -0.477 e. The van der Waals surface area contributed by atoms with Crippen molar-refractivity contribution in [3.8, 4) is 0 Å². The normalized spacial score (nSPS) is 15.0. The number of carboxylic acids is 1. The van der Waals surface area contributed by atoms with E-state index in [-0.39, 0.29) is 10.8 Å². The van der Waals surface area contributed by atoms with Crippen LogP contribution in [0.15, 0.2) is 4.52 Å². The number of aromatic nitrogens is 2. The summed E-state index contributed by atoms with van der Waals surface area (Å²) in [5, 5.41) is 16.4. The predicted octanol–water partition coefficient (Wildman–Crippen LogP) is 2.51. The molecule has 1 aliphatic rings. The first-order valence-corrected chi connectivity index (χ1v) is 8.28. The number of nitrogens with one attached hydrogen (secondary N) is 1. The number of aryl methyl sites for hydroxylation is 2. The molecule has 0 saturated carbocycles. The zero-order valence-corrected chi connectivity index (χ0v) is 13.7. The summed E-state index contributed by atoms with van der Waals surface area (Å²) in [5.74, 6) is -0.517. The van der Waals surface area contributed by atoms with Gasteiger partial charge < -0.3 is 14.9 Å². The maximum atomic E-state index is 12.4. The number of fused-ring (bicyclic) bond motifs is 1. The van der Waals surface area contributed by atoms with Gasteiger partial charge in [0.15, 0.2) is 5.69 Å². The average molecular weight is 335 g/mol. The van der Waals surface area contributed by atoms with E-state index >= 15 is 0 Å². The van der Waals surface area contributed by atoms with Gasteiger partial charge in [-0.3, -0.25) is 4.79 Å². The third-order valence-electron chi connectivity index (χ3n) is 3.89. The van der Waals surface area contributed by atoms with Crippen LogP contribution in [0.3, 0.4) is 0 Å². The highest BCUT2D eigenvalue weighted by Crippen LogP contribution is 2.26. The second-order valence-electron chi connectivity index (χ2n) is 5.61. The van der Waals surface area contributed by atoms with Crippen LogP contribution < -0.4 is 5.32 Å². The molecule has 0 aliphatic heterocycles. The molecule has 0 saturated heterocycles. The Balaban J connectivity index is 1.76. The molecule has 1 aliphatic carbocycles. The number of carbonyl (C=O) groups excluding carboxylic acids is 1. The van der Waals surface area contributed by atoms with E-state index in [1.165, 1.54) is 0 Å². The molecule has 23 heavy (non-hydrogen) atoms. The highest BCUT2D eigenvalue weighted by Gasteiger charge is 2.26. The molecule has 0 radical (unpaired) electrons. The third-order valence-corrected chi connectivity index (χ3v) is 5.22. The molecule has 0 spiro atoms. The van der Waals surface area contributed by atoms with E-state index in [4.69, 9.17) is 9.63 Å². The second-order valence-corrected chi connectivity index (χ2v) is 6.64. The van der Waals surface area contributed by atoms with Gasteiger partial charge in [-0.2, -0.15) is 0 Å². The van der Waals surface area contributed by atoms with E-state index < -0.39 is 12.0 Å². The minimum atomic E-state index is -1.00. The monoisotopic (exact) mass is 335 g/mol. The van der Waals surface area contributed by atoms with Gasteiger partial charge in [-0.15, -0.1) is 11.3 Å². The first kappa shape index (κ1) is 15.7. The predicted molar refractivity (Wildman–Crippen MR) is 82.8 cm³/mol. The molecular weight excluding hydrogens is 318 g/mol. The molecule has 122 valence electrons. The molecular formula is C15H17N3O4S.